The predicted octanol–water partition coefficient (Wildman–Crippen LogP) is 4.02. The van der Waals surface area contributed by atoms with Crippen molar-refractivity contribution in [3.05, 3.63) is 60.1 Å². The summed E-state index contributed by atoms with van der Waals surface area (Å²) in [5.74, 6) is 0.256. The zero-order valence-corrected chi connectivity index (χ0v) is 11.9. The Bertz CT molecular complexity index is 580. The van der Waals surface area contributed by atoms with Crippen LogP contribution >= 0.6 is 0 Å². The quantitative estimate of drug-likeness (QED) is 0.586. The van der Waals surface area contributed by atoms with Gasteiger partial charge in [-0.25, -0.2) is 0 Å². The molecule has 3 nitrogen and oxygen atoms in total. The first kappa shape index (κ1) is 14.1. The number of anilines is 1. The van der Waals surface area contributed by atoms with Crippen LogP contribution in [0.25, 0.3) is 6.08 Å². The summed E-state index contributed by atoms with van der Waals surface area (Å²) in [6.07, 6.45) is 4.97. The Balaban J connectivity index is 2.08. The second-order valence-electron chi connectivity index (χ2n) is 4.45. The molecule has 0 atom stereocenters. The molecule has 0 saturated heterocycles. The van der Waals surface area contributed by atoms with Crippen LogP contribution < -0.4 is 4.90 Å². The zero-order valence-electron chi connectivity index (χ0n) is 11.9. The van der Waals surface area contributed by atoms with Crippen LogP contribution in [-0.2, 0) is 0 Å². The maximum atomic E-state index is 12.0. The van der Waals surface area contributed by atoms with Crippen molar-refractivity contribution >= 4 is 17.5 Å². The van der Waals surface area contributed by atoms with E-state index in [4.69, 9.17) is 4.42 Å². The molecule has 104 valence electrons. The van der Waals surface area contributed by atoms with Crippen LogP contribution in [0, 0.1) is 0 Å². The molecule has 1 heterocycles. The van der Waals surface area contributed by atoms with Gasteiger partial charge in [-0.15, -0.1) is 0 Å². The molecule has 0 spiro atoms. The first-order chi connectivity index (χ1) is 9.74. The van der Waals surface area contributed by atoms with Crippen LogP contribution in [0.4, 0.5) is 5.69 Å². The average Bonchev–Trinajstić information content (AvgIpc) is 2.97. The highest BCUT2D eigenvalue weighted by Crippen LogP contribution is 2.19. The standard InChI is InChI=1S/C17H19NO2/c1-3-18(4-2)15-12-17(20-13-15)16(19)11-10-14-8-6-5-7-9-14/h5-13H,3-4H2,1-2H3. The molecular weight excluding hydrogens is 250 g/mol. The Kier molecular flexibility index (Phi) is 4.77. The monoisotopic (exact) mass is 269 g/mol. The van der Waals surface area contributed by atoms with Gasteiger partial charge in [-0.3, -0.25) is 4.79 Å². The number of ketones is 1. The Morgan fingerprint density at radius 3 is 2.55 bits per heavy atom. The molecule has 0 amide bonds. The van der Waals surface area contributed by atoms with Crippen LogP contribution in [0.3, 0.4) is 0 Å². The van der Waals surface area contributed by atoms with Gasteiger partial charge in [-0.1, -0.05) is 36.4 Å². The first-order valence-corrected chi connectivity index (χ1v) is 6.85. The average molecular weight is 269 g/mol. The van der Waals surface area contributed by atoms with Crippen LogP contribution in [0.15, 0.2) is 53.2 Å². The number of rotatable bonds is 6. The molecule has 0 aliphatic carbocycles. The Morgan fingerprint density at radius 2 is 1.90 bits per heavy atom. The molecule has 20 heavy (non-hydrogen) atoms. The molecule has 0 saturated carbocycles. The number of benzene rings is 1. The van der Waals surface area contributed by atoms with Crippen LogP contribution in [0.2, 0.25) is 0 Å². The first-order valence-electron chi connectivity index (χ1n) is 6.85. The largest absolute Gasteiger partial charge is 0.459 e. The summed E-state index contributed by atoms with van der Waals surface area (Å²) in [5, 5.41) is 0. The zero-order chi connectivity index (χ0) is 14.4. The molecular formula is C17H19NO2. The molecule has 1 aromatic heterocycles. The van der Waals surface area contributed by atoms with Crippen LogP contribution in [0.5, 0.6) is 0 Å². The van der Waals surface area contributed by atoms with E-state index >= 15 is 0 Å². The second-order valence-corrected chi connectivity index (χ2v) is 4.45. The Morgan fingerprint density at radius 1 is 1.20 bits per heavy atom. The SMILES string of the molecule is CCN(CC)c1coc(C(=O)C=Cc2ccccc2)c1. The highest BCUT2D eigenvalue weighted by atomic mass is 16.3. The van der Waals surface area contributed by atoms with E-state index in [0.29, 0.717) is 5.76 Å². The van der Waals surface area contributed by atoms with E-state index in [2.05, 4.69) is 18.7 Å². The fourth-order valence-corrected chi connectivity index (χ4v) is 2.03. The Labute approximate surface area is 119 Å². The molecule has 2 rings (SSSR count). The van der Waals surface area contributed by atoms with Crippen molar-refractivity contribution in [1.29, 1.82) is 0 Å². The van der Waals surface area contributed by atoms with E-state index in [-0.39, 0.29) is 5.78 Å². The molecule has 0 fully saturated rings. The van der Waals surface area contributed by atoms with Gasteiger partial charge in [0, 0.05) is 19.2 Å². The van der Waals surface area contributed by atoms with Gasteiger partial charge in [0.05, 0.1) is 5.69 Å². The van der Waals surface area contributed by atoms with Gasteiger partial charge in [-0.2, -0.15) is 0 Å². The van der Waals surface area contributed by atoms with Crippen LogP contribution in [0.1, 0.15) is 30.0 Å². The maximum Gasteiger partial charge on any atom is 0.221 e. The molecule has 2 aromatic rings. The van der Waals surface area contributed by atoms with E-state index in [1.807, 2.05) is 30.3 Å². The van der Waals surface area contributed by atoms with E-state index in [1.165, 1.54) is 0 Å². The minimum absolute atomic E-state index is 0.118. The van der Waals surface area contributed by atoms with Gasteiger partial charge in [0.15, 0.2) is 5.76 Å². The lowest BCUT2D eigenvalue weighted by molar-refractivity contribution is 0.102. The van der Waals surface area contributed by atoms with Crippen molar-refractivity contribution < 1.29 is 9.21 Å². The summed E-state index contributed by atoms with van der Waals surface area (Å²) in [6.45, 7) is 5.94. The lowest BCUT2D eigenvalue weighted by atomic mass is 10.2. The fourth-order valence-electron chi connectivity index (χ4n) is 2.03. The van der Waals surface area contributed by atoms with Gasteiger partial charge in [-0.05, 0) is 25.5 Å². The third-order valence-corrected chi connectivity index (χ3v) is 3.18. The number of hydrogen-bond acceptors (Lipinski definition) is 3. The fraction of sp³-hybridized carbons (Fsp3) is 0.235. The minimum atomic E-state index is -0.118. The minimum Gasteiger partial charge on any atom is -0.459 e. The summed E-state index contributed by atoms with van der Waals surface area (Å²) in [5.41, 5.74) is 1.95. The number of nitrogens with zero attached hydrogens (tertiary/aromatic N) is 1. The predicted molar refractivity (Wildman–Crippen MR) is 82.1 cm³/mol. The number of allylic oxidation sites excluding steroid dienone is 1. The van der Waals surface area contributed by atoms with Gasteiger partial charge < -0.3 is 9.32 Å². The van der Waals surface area contributed by atoms with Gasteiger partial charge in [0.1, 0.15) is 6.26 Å². The molecule has 0 radical (unpaired) electrons. The van der Waals surface area contributed by atoms with E-state index in [9.17, 15) is 4.79 Å². The van der Waals surface area contributed by atoms with Crippen molar-refractivity contribution in [3.8, 4) is 0 Å². The van der Waals surface area contributed by atoms with E-state index < -0.39 is 0 Å². The van der Waals surface area contributed by atoms with Crippen molar-refractivity contribution in [2.75, 3.05) is 18.0 Å². The number of carbonyl (C=O) groups is 1. The number of carbonyl (C=O) groups excluding carboxylic acids is 1. The maximum absolute atomic E-state index is 12.0. The Hall–Kier alpha value is -2.29. The van der Waals surface area contributed by atoms with Crippen LogP contribution in [-0.4, -0.2) is 18.9 Å². The summed E-state index contributed by atoms with van der Waals surface area (Å²) >= 11 is 0. The second kappa shape index (κ2) is 6.75. The molecule has 0 N–H and O–H groups in total. The summed E-state index contributed by atoms with van der Waals surface area (Å²) in [7, 11) is 0. The molecule has 0 bridgehead atoms. The molecule has 1 aromatic carbocycles. The normalized spacial score (nSPS) is 10.9. The van der Waals surface area contributed by atoms with E-state index in [0.717, 1.165) is 24.3 Å². The van der Waals surface area contributed by atoms with Crippen molar-refractivity contribution in [3.63, 3.8) is 0 Å². The highest BCUT2D eigenvalue weighted by Gasteiger charge is 2.11. The topological polar surface area (TPSA) is 33.5 Å². The molecule has 3 heteroatoms. The summed E-state index contributed by atoms with van der Waals surface area (Å²) < 4.78 is 5.36. The third-order valence-electron chi connectivity index (χ3n) is 3.18. The number of hydrogen-bond donors (Lipinski definition) is 0. The summed E-state index contributed by atoms with van der Waals surface area (Å²) in [4.78, 5) is 14.2. The van der Waals surface area contributed by atoms with E-state index in [1.54, 1.807) is 24.5 Å². The van der Waals surface area contributed by atoms with Crippen molar-refractivity contribution in [1.82, 2.24) is 0 Å². The highest BCUT2D eigenvalue weighted by molar-refractivity contribution is 6.05. The lowest BCUT2D eigenvalue weighted by Gasteiger charge is -2.17. The van der Waals surface area contributed by atoms with Gasteiger partial charge in [0.2, 0.25) is 5.78 Å². The molecule has 0 aliphatic rings. The van der Waals surface area contributed by atoms with Gasteiger partial charge >= 0.3 is 0 Å². The lowest BCUT2D eigenvalue weighted by Crippen LogP contribution is -2.20. The van der Waals surface area contributed by atoms with Gasteiger partial charge in [0.25, 0.3) is 0 Å². The van der Waals surface area contributed by atoms with Crippen molar-refractivity contribution in [2.24, 2.45) is 0 Å². The summed E-state index contributed by atoms with van der Waals surface area (Å²) in [6, 6.07) is 11.5. The number of furan rings is 1. The molecule has 0 unspecified atom stereocenters. The smallest absolute Gasteiger partial charge is 0.221 e. The van der Waals surface area contributed by atoms with Crippen molar-refractivity contribution in [2.45, 2.75) is 13.8 Å². The third kappa shape index (κ3) is 3.38. The molecule has 0 aliphatic heterocycles.